The Labute approximate surface area is 497 Å². The standard InChI is InChI=1S/C54H53N13O10S6/c1-23(2)38-53-67-41(34(83-53)18-77-5)46(73)56-17-37(69)64-42(43(70)25-9-7-6-8-10-25)52-61-33(21-80-52)50-59-31(19-79-50)40-28(13-14-29(57-40)49-63-35(22-81-49)62-44(71)26-11-12-27(15-26)54(75)76)48-60-32(20-78-48)45(72)58-30(16-36(68)55-4)51-66-39(24(3)82-51)47(74)65-38/h6-10,13-14,19-23,26-27,30,38,42-43,70H,11-12,15-18H2,1-5H3,(H,55,68)(H,56,73)(H,58,72)(H,62,71)(H,64,69)(H,65,74)(H,75,76)/t26?,27-,30+,38+,42+,43+/m1/s1. The fourth-order valence-corrected chi connectivity index (χ4v) is 14.8. The first-order valence-corrected chi connectivity index (χ1v) is 31.1. The first kappa shape index (κ1) is 58.6. The third-order valence-electron chi connectivity index (χ3n) is 13.7. The zero-order valence-electron chi connectivity index (χ0n) is 44.9. The molecule has 0 saturated heterocycles. The number of methoxy groups -OCH3 is 1. The molecule has 6 amide bonds. The summed E-state index contributed by atoms with van der Waals surface area (Å²) in [7, 11) is 2.94. The van der Waals surface area contributed by atoms with Crippen LogP contribution in [-0.2, 0) is 30.5 Å². The van der Waals surface area contributed by atoms with E-state index in [1.807, 2.05) is 13.8 Å². The number of nitrogens with one attached hydrogen (secondary N) is 6. The molecule has 8 N–H and O–H groups in total. The Morgan fingerprint density at radius 2 is 1.41 bits per heavy atom. The number of ether oxygens (including phenoxy) is 1. The highest BCUT2D eigenvalue weighted by molar-refractivity contribution is 7.15. The van der Waals surface area contributed by atoms with Crippen LogP contribution in [0.25, 0.3) is 43.4 Å². The van der Waals surface area contributed by atoms with E-state index < -0.39 is 78.1 Å². The number of benzene rings is 1. The van der Waals surface area contributed by atoms with Gasteiger partial charge in [-0.2, -0.15) is 0 Å². The quantitative estimate of drug-likeness (QED) is 0.0613. The molecule has 6 atom stereocenters. The summed E-state index contributed by atoms with van der Waals surface area (Å²) < 4.78 is 5.45. The van der Waals surface area contributed by atoms with Crippen molar-refractivity contribution in [3.63, 3.8) is 0 Å². The number of hydrogen-bond donors (Lipinski definition) is 8. The lowest BCUT2D eigenvalue weighted by Gasteiger charge is -2.23. The second-order valence-corrected chi connectivity index (χ2v) is 25.5. The van der Waals surface area contributed by atoms with Crippen molar-refractivity contribution in [2.24, 2.45) is 17.8 Å². The molecule has 10 bridgehead atoms. The first-order chi connectivity index (χ1) is 39.9. The van der Waals surface area contributed by atoms with Crippen molar-refractivity contribution in [3.8, 4) is 43.4 Å². The number of fused-ring (bicyclic) bond motifs is 14. The number of amides is 6. The van der Waals surface area contributed by atoms with Gasteiger partial charge in [-0.3, -0.25) is 33.6 Å². The predicted octanol–water partition coefficient (Wildman–Crippen LogP) is 7.75. The molecule has 83 heavy (non-hydrogen) atoms. The molecular weight excluding hydrogens is 1180 g/mol. The number of aliphatic hydroxyl groups is 1. The molecular formula is C54H53N13O10S6. The Kier molecular flexibility index (Phi) is 18.0. The Balaban J connectivity index is 1.04. The second kappa shape index (κ2) is 25.5. The van der Waals surface area contributed by atoms with Crippen molar-refractivity contribution in [1.82, 2.24) is 61.5 Å². The van der Waals surface area contributed by atoms with Crippen LogP contribution < -0.4 is 31.9 Å². The largest absolute Gasteiger partial charge is 0.481 e. The van der Waals surface area contributed by atoms with Gasteiger partial charge in [-0.05, 0) is 49.8 Å². The van der Waals surface area contributed by atoms with E-state index in [9.17, 15) is 43.8 Å². The smallest absolute Gasteiger partial charge is 0.306 e. The molecule has 23 nitrogen and oxygen atoms in total. The summed E-state index contributed by atoms with van der Waals surface area (Å²) in [6, 6.07) is 9.46. The Hall–Kier alpha value is -7.64. The summed E-state index contributed by atoms with van der Waals surface area (Å²) in [5.74, 6) is -5.15. The second-order valence-electron chi connectivity index (χ2n) is 19.7. The number of carboxylic acids is 1. The number of aliphatic hydroxyl groups excluding tert-OH is 1. The number of carbonyl (C=O) groups excluding carboxylic acids is 6. The Morgan fingerprint density at radius 1 is 0.699 bits per heavy atom. The van der Waals surface area contributed by atoms with Crippen LogP contribution in [0.4, 0.5) is 5.82 Å². The number of carbonyl (C=O) groups is 7. The lowest BCUT2D eigenvalue weighted by Crippen LogP contribution is -2.40. The monoisotopic (exact) mass is 1240 g/mol. The SMILES string of the molecule is CNC(=O)C[C@@H]1NC(=O)c2csc(n2)-c2ccc(-c3nc(NC(=O)C4CC[C@@H](C(=O)O)C4)cs3)nc2-c2csc(n2)-c2csc(n2)[C@H]([C@@H](O)c2ccccc2)NC(=O)CNC(=O)c2nc(sc2COC)[C@H](C(C)C)NC(=O)c2nc1sc2C. The molecule has 29 heteroatoms. The third kappa shape index (κ3) is 13.1. The van der Waals surface area contributed by atoms with Crippen molar-refractivity contribution < 1.29 is 48.5 Å². The summed E-state index contributed by atoms with van der Waals surface area (Å²) in [4.78, 5) is 129. The number of carboxylic acid groups (broad SMARTS) is 1. The topological polar surface area (TPSA) is 332 Å². The molecule has 0 radical (unpaired) electrons. The lowest BCUT2D eigenvalue weighted by atomic mass is 10.0. The number of pyridine rings is 1. The highest BCUT2D eigenvalue weighted by atomic mass is 32.1. The van der Waals surface area contributed by atoms with Crippen LogP contribution >= 0.6 is 68.0 Å². The average Bonchev–Trinajstić information content (AvgIpc) is 3.90. The molecule has 1 aromatic carbocycles. The van der Waals surface area contributed by atoms with E-state index in [1.165, 1.54) is 70.8 Å². The van der Waals surface area contributed by atoms with Crippen LogP contribution in [0.1, 0.15) is 126 Å². The number of rotatable bonds is 11. The normalized spacial score (nSPS) is 19.0. The molecule has 1 fully saturated rings. The van der Waals surface area contributed by atoms with Gasteiger partial charge in [0.25, 0.3) is 17.7 Å². The molecule has 7 aromatic heterocycles. The summed E-state index contributed by atoms with van der Waals surface area (Å²) in [6.45, 7) is 4.95. The summed E-state index contributed by atoms with van der Waals surface area (Å²) in [5.41, 5.74) is 2.66. The Morgan fingerprint density at radius 3 is 2.16 bits per heavy atom. The number of thiazole rings is 6. The van der Waals surface area contributed by atoms with Crippen molar-refractivity contribution in [2.75, 3.05) is 26.0 Å². The van der Waals surface area contributed by atoms with Gasteiger partial charge in [0.2, 0.25) is 17.7 Å². The molecule has 8 aromatic rings. The van der Waals surface area contributed by atoms with Crippen LogP contribution in [0, 0.1) is 24.7 Å². The highest BCUT2D eigenvalue weighted by Gasteiger charge is 2.36. The maximum Gasteiger partial charge on any atom is 0.306 e. The summed E-state index contributed by atoms with van der Waals surface area (Å²) in [6.07, 6.45) is -0.396. The summed E-state index contributed by atoms with van der Waals surface area (Å²) in [5, 5.41) is 47.4. The van der Waals surface area contributed by atoms with Crippen LogP contribution in [-0.4, -0.2) is 107 Å². The molecule has 1 aliphatic carbocycles. The van der Waals surface area contributed by atoms with Gasteiger partial charge in [-0.25, -0.2) is 34.9 Å². The van der Waals surface area contributed by atoms with Gasteiger partial charge in [0.05, 0.1) is 48.1 Å². The van der Waals surface area contributed by atoms with Crippen LogP contribution in [0.3, 0.4) is 0 Å². The van der Waals surface area contributed by atoms with Crippen LogP contribution in [0.2, 0.25) is 0 Å². The zero-order valence-corrected chi connectivity index (χ0v) is 49.8. The number of aliphatic carboxylic acids is 1. The van der Waals surface area contributed by atoms with Gasteiger partial charge in [0, 0.05) is 52.0 Å². The van der Waals surface area contributed by atoms with E-state index in [4.69, 9.17) is 24.7 Å². The summed E-state index contributed by atoms with van der Waals surface area (Å²) >= 11 is 7.15. The van der Waals surface area contributed by atoms with Gasteiger partial charge in [-0.1, -0.05) is 44.2 Å². The molecule has 2 aliphatic rings. The predicted molar refractivity (Wildman–Crippen MR) is 314 cm³/mol. The van der Waals surface area contributed by atoms with E-state index in [-0.39, 0.29) is 59.2 Å². The average molecular weight is 1240 g/mol. The van der Waals surface area contributed by atoms with Gasteiger partial charge in [0.1, 0.15) is 82.2 Å². The van der Waals surface area contributed by atoms with Gasteiger partial charge in [-0.15, -0.1) is 68.0 Å². The van der Waals surface area contributed by atoms with E-state index in [0.29, 0.717) is 81.5 Å². The minimum absolute atomic E-state index is 0.000214. The minimum Gasteiger partial charge on any atom is -0.481 e. The maximum atomic E-state index is 14.3. The lowest BCUT2D eigenvalue weighted by molar-refractivity contribution is -0.141. The number of aryl methyl sites for hydroxylation is 1. The maximum absolute atomic E-state index is 14.3. The zero-order chi connectivity index (χ0) is 58.6. The van der Waals surface area contributed by atoms with Gasteiger partial charge < -0.3 is 46.9 Å². The van der Waals surface area contributed by atoms with Crippen molar-refractivity contribution in [2.45, 2.75) is 77.3 Å². The van der Waals surface area contributed by atoms with E-state index in [2.05, 4.69) is 46.9 Å². The molecule has 1 aliphatic heterocycles. The number of anilines is 1. The molecule has 1 unspecified atom stereocenters. The number of hydrogen-bond acceptors (Lipinski definition) is 22. The molecule has 0 spiro atoms. The van der Waals surface area contributed by atoms with Crippen molar-refractivity contribution in [1.29, 1.82) is 0 Å². The third-order valence-corrected chi connectivity index (χ3v) is 19.4. The minimum atomic E-state index is -1.28. The molecule has 430 valence electrons. The first-order valence-electron chi connectivity index (χ1n) is 25.9. The van der Waals surface area contributed by atoms with Gasteiger partial charge >= 0.3 is 5.97 Å². The van der Waals surface area contributed by atoms with Crippen LogP contribution in [0.15, 0.2) is 64.0 Å². The van der Waals surface area contributed by atoms with Crippen molar-refractivity contribution in [3.05, 3.63) is 111 Å². The van der Waals surface area contributed by atoms with Crippen LogP contribution in [0.5, 0.6) is 0 Å². The van der Waals surface area contributed by atoms with E-state index >= 15 is 0 Å². The highest BCUT2D eigenvalue weighted by Crippen LogP contribution is 2.41. The van der Waals surface area contributed by atoms with E-state index in [0.717, 1.165) is 11.3 Å². The number of aromatic nitrogens is 7. The molecule has 8 heterocycles. The van der Waals surface area contributed by atoms with E-state index in [1.54, 1.807) is 70.9 Å². The fraction of sp³-hybridized carbons (Fsp3) is 0.333. The van der Waals surface area contributed by atoms with Crippen molar-refractivity contribution >= 4 is 115 Å². The van der Waals surface area contributed by atoms with Gasteiger partial charge in [0.15, 0.2) is 0 Å². The molecule has 10 rings (SSSR count). The number of nitrogens with zero attached hydrogens (tertiary/aromatic N) is 7. The molecule has 1 saturated carbocycles. The Bertz CT molecular complexity index is 3760. The fourth-order valence-electron chi connectivity index (χ4n) is 9.31.